The summed E-state index contributed by atoms with van der Waals surface area (Å²) in [6.07, 6.45) is 2.15. The van der Waals surface area contributed by atoms with Gasteiger partial charge < -0.3 is 19.4 Å². The Balaban J connectivity index is 1.62. The van der Waals surface area contributed by atoms with Crippen molar-refractivity contribution < 1.29 is 13.9 Å². The Bertz CT molecular complexity index is 725. The van der Waals surface area contributed by atoms with Crippen LogP contribution in [-0.2, 0) is 11.3 Å². The van der Waals surface area contributed by atoms with E-state index in [0.717, 1.165) is 55.6 Å². The van der Waals surface area contributed by atoms with Gasteiger partial charge in [-0.25, -0.2) is 0 Å². The van der Waals surface area contributed by atoms with Crippen LogP contribution in [-0.4, -0.2) is 44.1 Å². The van der Waals surface area contributed by atoms with E-state index in [9.17, 15) is 4.79 Å². The lowest BCUT2D eigenvalue weighted by atomic mass is 9.92. The number of methoxy groups -OCH3 is 1. The van der Waals surface area contributed by atoms with Gasteiger partial charge in [0, 0.05) is 31.1 Å². The highest BCUT2D eigenvalue weighted by molar-refractivity contribution is 5.99. The first kappa shape index (κ1) is 15.7. The first-order valence-corrected chi connectivity index (χ1v) is 8.77. The SMILES string of the molecule is COCc1c(C(=O)N2CC[C@@H]3CNC[C@@H]3CC2)oc2ccccc12. The summed E-state index contributed by atoms with van der Waals surface area (Å²) in [4.78, 5) is 15.1. The number of para-hydroxylation sites is 1. The number of benzene rings is 1. The molecule has 3 heterocycles. The van der Waals surface area contributed by atoms with Gasteiger partial charge >= 0.3 is 0 Å². The molecular formula is C19H24N2O3. The third-order valence-corrected chi connectivity index (χ3v) is 5.49. The molecule has 5 nitrogen and oxygen atoms in total. The topological polar surface area (TPSA) is 54.7 Å². The van der Waals surface area contributed by atoms with Crippen molar-refractivity contribution in [1.29, 1.82) is 0 Å². The van der Waals surface area contributed by atoms with Crippen molar-refractivity contribution in [1.82, 2.24) is 10.2 Å². The lowest BCUT2D eigenvalue weighted by Gasteiger charge is -2.20. The summed E-state index contributed by atoms with van der Waals surface area (Å²) in [5.41, 5.74) is 1.62. The smallest absolute Gasteiger partial charge is 0.289 e. The van der Waals surface area contributed by atoms with Gasteiger partial charge in [0.25, 0.3) is 5.91 Å². The van der Waals surface area contributed by atoms with Crippen molar-refractivity contribution in [3.05, 3.63) is 35.6 Å². The highest BCUT2D eigenvalue weighted by atomic mass is 16.5. The summed E-state index contributed by atoms with van der Waals surface area (Å²) in [7, 11) is 1.65. The van der Waals surface area contributed by atoms with Gasteiger partial charge in [-0.05, 0) is 43.8 Å². The third kappa shape index (κ3) is 2.72. The number of fused-ring (bicyclic) bond motifs is 2. The largest absolute Gasteiger partial charge is 0.451 e. The second kappa shape index (κ2) is 6.57. The molecule has 0 bridgehead atoms. The van der Waals surface area contributed by atoms with Crippen LogP contribution in [0.4, 0.5) is 0 Å². The average Bonchev–Trinajstić information content (AvgIpc) is 3.14. The number of hydrogen-bond acceptors (Lipinski definition) is 4. The van der Waals surface area contributed by atoms with E-state index in [4.69, 9.17) is 9.15 Å². The number of nitrogens with zero attached hydrogens (tertiary/aromatic N) is 1. The summed E-state index contributed by atoms with van der Waals surface area (Å²) in [6, 6.07) is 7.79. The molecule has 0 spiro atoms. The minimum absolute atomic E-state index is 0.00572. The fourth-order valence-corrected chi connectivity index (χ4v) is 4.12. The van der Waals surface area contributed by atoms with E-state index < -0.39 is 0 Å². The normalized spacial score (nSPS) is 24.1. The summed E-state index contributed by atoms with van der Waals surface area (Å²) in [6.45, 7) is 4.19. The average molecular weight is 328 g/mol. The first-order chi connectivity index (χ1) is 11.8. The molecule has 1 N–H and O–H groups in total. The molecule has 2 atom stereocenters. The lowest BCUT2D eigenvalue weighted by Crippen LogP contribution is -2.33. The Morgan fingerprint density at radius 1 is 1.25 bits per heavy atom. The zero-order valence-corrected chi connectivity index (χ0v) is 14.1. The number of hydrogen-bond donors (Lipinski definition) is 1. The molecule has 24 heavy (non-hydrogen) atoms. The molecule has 1 aromatic heterocycles. The Morgan fingerprint density at radius 3 is 2.67 bits per heavy atom. The Labute approximate surface area is 141 Å². The number of rotatable bonds is 3. The summed E-state index contributed by atoms with van der Waals surface area (Å²) >= 11 is 0. The van der Waals surface area contributed by atoms with E-state index in [1.165, 1.54) is 0 Å². The van der Waals surface area contributed by atoms with Crippen LogP contribution in [0.15, 0.2) is 28.7 Å². The number of likely N-dealkylation sites (tertiary alicyclic amines) is 1. The third-order valence-electron chi connectivity index (χ3n) is 5.49. The van der Waals surface area contributed by atoms with Crippen molar-refractivity contribution in [2.45, 2.75) is 19.4 Å². The van der Waals surface area contributed by atoms with Crippen LogP contribution < -0.4 is 5.32 Å². The second-order valence-electron chi connectivity index (χ2n) is 6.89. The molecule has 2 aromatic rings. The summed E-state index contributed by atoms with van der Waals surface area (Å²) in [5.74, 6) is 1.86. The Kier molecular flexibility index (Phi) is 4.29. The molecule has 128 valence electrons. The molecule has 0 aliphatic carbocycles. The number of carbonyl (C=O) groups is 1. The number of nitrogens with one attached hydrogen (secondary N) is 1. The van der Waals surface area contributed by atoms with Crippen molar-refractivity contribution in [3.8, 4) is 0 Å². The van der Waals surface area contributed by atoms with Crippen LogP contribution in [0.2, 0.25) is 0 Å². The van der Waals surface area contributed by atoms with Crippen molar-refractivity contribution in [2.75, 3.05) is 33.3 Å². The maximum Gasteiger partial charge on any atom is 0.289 e. The highest BCUT2D eigenvalue weighted by Gasteiger charge is 2.33. The molecule has 0 saturated carbocycles. The summed E-state index contributed by atoms with van der Waals surface area (Å²) in [5, 5.41) is 4.44. The maximum atomic E-state index is 13.1. The number of carbonyl (C=O) groups excluding carboxylic acids is 1. The van der Waals surface area contributed by atoms with Crippen molar-refractivity contribution >= 4 is 16.9 Å². The molecule has 1 aromatic carbocycles. The van der Waals surface area contributed by atoms with E-state index in [-0.39, 0.29) is 5.91 Å². The standard InChI is InChI=1S/C19H24N2O3/c1-23-12-16-15-4-2-3-5-17(15)24-18(16)19(22)21-8-6-13-10-20-11-14(13)7-9-21/h2-5,13-14,20H,6-12H2,1H3/t13-,14+. The molecule has 0 radical (unpaired) electrons. The fourth-order valence-electron chi connectivity index (χ4n) is 4.12. The minimum Gasteiger partial charge on any atom is -0.451 e. The molecule has 2 aliphatic rings. The van der Waals surface area contributed by atoms with Gasteiger partial charge in [-0.3, -0.25) is 4.79 Å². The van der Waals surface area contributed by atoms with Gasteiger partial charge in [0.2, 0.25) is 0 Å². The van der Waals surface area contributed by atoms with E-state index in [0.29, 0.717) is 24.2 Å². The van der Waals surface area contributed by atoms with Gasteiger partial charge in [0.05, 0.1) is 6.61 Å². The van der Waals surface area contributed by atoms with Gasteiger partial charge in [-0.1, -0.05) is 18.2 Å². The molecule has 2 saturated heterocycles. The quantitative estimate of drug-likeness (QED) is 0.941. The van der Waals surface area contributed by atoms with Crippen LogP contribution in [0, 0.1) is 11.8 Å². The highest BCUT2D eigenvalue weighted by Crippen LogP contribution is 2.31. The van der Waals surface area contributed by atoms with Gasteiger partial charge in [0.1, 0.15) is 5.58 Å². The molecular weight excluding hydrogens is 304 g/mol. The summed E-state index contributed by atoms with van der Waals surface area (Å²) < 4.78 is 11.2. The van der Waals surface area contributed by atoms with E-state index in [2.05, 4.69) is 5.32 Å². The predicted molar refractivity (Wildman–Crippen MR) is 91.9 cm³/mol. The monoisotopic (exact) mass is 328 g/mol. The minimum atomic E-state index is 0.00572. The van der Waals surface area contributed by atoms with Crippen LogP contribution in [0.3, 0.4) is 0 Å². The van der Waals surface area contributed by atoms with Gasteiger partial charge in [0.15, 0.2) is 5.76 Å². The Morgan fingerprint density at radius 2 is 1.96 bits per heavy atom. The van der Waals surface area contributed by atoms with Crippen LogP contribution in [0.25, 0.3) is 11.0 Å². The Hall–Kier alpha value is -1.85. The zero-order chi connectivity index (χ0) is 16.5. The molecule has 4 rings (SSSR count). The van der Waals surface area contributed by atoms with E-state index >= 15 is 0 Å². The van der Waals surface area contributed by atoms with Crippen molar-refractivity contribution in [3.63, 3.8) is 0 Å². The molecule has 5 heteroatoms. The lowest BCUT2D eigenvalue weighted by molar-refractivity contribution is 0.0722. The first-order valence-electron chi connectivity index (χ1n) is 8.77. The molecule has 0 unspecified atom stereocenters. The second-order valence-corrected chi connectivity index (χ2v) is 6.89. The van der Waals surface area contributed by atoms with Gasteiger partial charge in [-0.2, -0.15) is 0 Å². The number of amides is 1. The van der Waals surface area contributed by atoms with Gasteiger partial charge in [-0.15, -0.1) is 0 Å². The fraction of sp³-hybridized carbons (Fsp3) is 0.526. The molecule has 1 amide bonds. The number of furan rings is 1. The van der Waals surface area contributed by atoms with Crippen LogP contribution >= 0.6 is 0 Å². The zero-order valence-electron chi connectivity index (χ0n) is 14.1. The number of ether oxygens (including phenoxy) is 1. The van der Waals surface area contributed by atoms with E-state index in [1.807, 2.05) is 29.2 Å². The molecule has 2 aliphatic heterocycles. The maximum absolute atomic E-state index is 13.1. The van der Waals surface area contributed by atoms with E-state index in [1.54, 1.807) is 7.11 Å². The van der Waals surface area contributed by atoms with Crippen LogP contribution in [0.5, 0.6) is 0 Å². The molecule has 2 fully saturated rings. The van der Waals surface area contributed by atoms with Crippen LogP contribution in [0.1, 0.15) is 29.0 Å². The predicted octanol–water partition coefficient (Wildman–Crippen LogP) is 2.65. The van der Waals surface area contributed by atoms with Crippen molar-refractivity contribution in [2.24, 2.45) is 11.8 Å².